The van der Waals surface area contributed by atoms with E-state index in [1.54, 1.807) is 12.1 Å². The fraction of sp³-hybridized carbons (Fsp3) is 0.438. The fourth-order valence-corrected chi connectivity index (χ4v) is 3.23. The average molecular weight is 320 g/mol. The van der Waals surface area contributed by atoms with Crippen molar-refractivity contribution in [3.05, 3.63) is 47.0 Å². The second-order valence-electron chi connectivity index (χ2n) is 5.77. The molecule has 3 heterocycles. The van der Waals surface area contributed by atoms with E-state index < -0.39 is 11.5 Å². The number of benzene rings is 1. The van der Waals surface area contributed by atoms with Gasteiger partial charge in [0.1, 0.15) is 12.1 Å². The molecule has 2 aliphatic heterocycles. The summed E-state index contributed by atoms with van der Waals surface area (Å²) in [7, 11) is 0. The van der Waals surface area contributed by atoms with Crippen LogP contribution in [0.15, 0.2) is 39.9 Å². The van der Waals surface area contributed by atoms with E-state index >= 15 is 0 Å². The van der Waals surface area contributed by atoms with E-state index in [0.717, 1.165) is 12.8 Å². The minimum atomic E-state index is -0.535. The smallest absolute Gasteiger partial charge is 0.416 e. The van der Waals surface area contributed by atoms with Crippen molar-refractivity contribution in [3.63, 3.8) is 0 Å². The molecule has 122 valence electrons. The third kappa shape index (κ3) is 2.55. The van der Waals surface area contributed by atoms with E-state index in [0.29, 0.717) is 37.7 Å². The van der Waals surface area contributed by atoms with Gasteiger partial charge in [0.25, 0.3) is 0 Å². The van der Waals surface area contributed by atoms with Crippen LogP contribution in [-0.2, 0) is 9.47 Å². The Morgan fingerprint density at radius 2 is 1.87 bits per heavy atom. The maximum atomic E-state index is 14.5. The summed E-state index contributed by atoms with van der Waals surface area (Å²) >= 11 is 0. The van der Waals surface area contributed by atoms with Crippen LogP contribution in [0.4, 0.5) is 10.1 Å². The molecule has 2 aliphatic rings. The number of oxazole rings is 1. The van der Waals surface area contributed by atoms with Gasteiger partial charge in [0.2, 0.25) is 0 Å². The highest BCUT2D eigenvalue weighted by Gasteiger charge is 2.40. The second kappa shape index (κ2) is 5.50. The van der Waals surface area contributed by atoms with Crippen LogP contribution in [0.5, 0.6) is 0 Å². The lowest BCUT2D eigenvalue weighted by Gasteiger charge is -2.38. The van der Waals surface area contributed by atoms with Gasteiger partial charge in [-0.25, -0.2) is 13.8 Å². The zero-order valence-electron chi connectivity index (χ0n) is 12.5. The van der Waals surface area contributed by atoms with Crippen molar-refractivity contribution in [3.8, 4) is 5.69 Å². The fourth-order valence-electron chi connectivity index (χ4n) is 3.23. The van der Waals surface area contributed by atoms with Gasteiger partial charge in [0.15, 0.2) is 5.79 Å². The molecule has 1 aromatic heterocycles. The number of halogens is 1. The first-order chi connectivity index (χ1) is 11.2. The van der Waals surface area contributed by atoms with Gasteiger partial charge in [-0.05, 0) is 12.1 Å². The van der Waals surface area contributed by atoms with Crippen molar-refractivity contribution in [2.75, 3.05) is 31.2 Å². The largest absolute Gasteiger partial charge is 0.423 e. The van der Waals surface area contributed by atoms with Crippen molar-refractivity contribution in [1.29, 1.82) is 0 Å². The summed E-state index contributed by atoms with van der Waals surface area (Å²) in [5, 5.41) is 0. The molecule has 1 aromatic carbocycles. The summed E-state index contributed by atoms with van der Waals surface area (Å²) in [6.07, 6.45) is 4.18. The van der Waals surface area contributed by atoms with Crippen LogP contribution in [0, 0.1) is 5.82 Å². The molecule has 0 atom stereocenters. The molecule has 2 saturated heterocycles. The van der Waals surface area contributed by atoms with Gasteiger partial charge in [-0.15, -0.1) is 0 Å². The highest BCUT2D eigenvalue weighted by Crippen LogP contribution is 2.34. The van der Waals surface area contributed by atoms with Gasteiger partial charge >= 0.3 is 5.76 Å². The van der Waals surface area contributed by atoms with E-state index in [4.69, 9.17) is 13.9 Å². The molecule has 7 heteroatoms. The summed E-state index contributed by atoms with van der Waals surface area (Å²) in [5.41, 5.74) is 0.971. The van der Waals surface area contributed by atoms with Crippen molar-refractivity contribution in [1.82, 2.24) is 4.57 Å². The molecular weight excluding hydrogens is 303 g/mol. The normalized spacial score (nSPS) is 20.3. The lowest BCUT2D eigenvalue weighted by Crippen LogP contribution is -2.45. The number of anilines is 1. The Labute approximate surface area is 132 Å². The van der Waals surface area contributed by atoms with Crippen LogP contribution in [0.1, 0.15) is 12.8 Å². The molecule has 0 amide bonds. The number of aromatic nitrogens is 1. The van der Waals surface area contributed by atoms with Gasteiger partial charge in [0.05, 0.1) is 30.8 Å². The van der Waals surface area contributed by atoms with E-state index in [9.17, 15) is 9.18 Å². The molecule has 0 N–H and O–H groups in total. The van der Waals surface area contributed by atoms with Crippen LogP contribution in [0.25, 0.3) is 5.69 Å². The zero-order valence-corrected chi connectivity index (χ0v) is 12.5. The number of piperidine rings is 1. The molecule has 2 aromatic rings. The molecule has 1 spiro atoms. The van der Waals surface area contributed by atoms with Crippen molar-refractivity contribution < 1.29 is 18.3 Å². The Kier molecular flexibility index (Phi) is 3.46. The lowest BCUT2D eigenvalue weighted by molar-refractivity contribution is -0.169. The number of ether oxygens (including phenoxy) is 2. The zero-order chi connectivity index (χ0) is 15.9. The Morgan fingerprint density at radius 3 is 2.48 bits per heavy atom. The predicted octanol–water partition coefficient (Wildman–Crippen LogP) is 1.91. The lowest BCUT2D eigenvalue weighted by atomic mass is 10.0. The molecule has 2 fully saturated rings. The predicted molar refractivity (Wildman–Crippen MR) is 80.3 cm³/mol. The summed E-state index contributed by atoms with van der Waals surface area (Å²) < 4.78 is 31.8. The van der Waals surface area contributed by atoms with Crippen LogP contribution in [0.3, 0.4) is 0 Å². The monoisotopic (exact) mass is 320 g/mol. The highest BCUT2D eigenvalue weighted by atomic mass is 19.1. The minimum absolute atomic E-state index is 0.361. The van der Waals surface area contributed by atoms with Crippen molar-refractivity contribution in [2.24, 2.45) is 0 Å². The third-order valence-electron chi connectivity index (χ3n) is 4.46. The van der Waals surface area contributed by atoms with E-state index in [-0.39, 0.29) is 5.82 Å². The van der Waals surface area contributed by atoms with Crippen LogP contribution >= 0.6 is 0 Å². The topological polar surface area (TPSA) is 56.8 Å². The second-order valence-corrected chi connectivity index (χ2v) is 5.77. The molecule has 4 rings (SSSR count). The maximum Gasteiger partial charge on any atom is 0.423 e. The molecular formula is C16H17FN2O4. The molecule has 23 heavy (non-hydrogen) atoms. The molecule has 0 saturated carbocycles. The molecule has 0 radical (unpaired) electrons. The SMILES string of the molecule is O=c1occn1-c1ccc(N2CCC3(CC2)OCCO3)c(F)c1. The van der Waals surface area contributed by atoms with E-state index in [2.05, 4.69) is 0 Å². The molecule has 0 bridgehead atoms. The van der Waals surface area contributed by atoms with Gasteiger partial charge < -0.3 is 18.8 Å². The quantitative estimate of drug-likeness (QED) is 0.846. The average Bonchev–Trinajstić information content (AvgIpc) is 3.18. The summed E-state index contributed by atoms with van der Waals surface area (Å²) in [5.74, 6) is -1.37. The summed E-state index contributed by atoms with van der Waals surface area (Å²) in [6, 6.07) is 4.75. The van der Waals surface area contributed by atoms with Gasteiger partial charge in [0, 0.05) is 32.0 Å². The number of hydrogen-bond acceptors (Lipinski definition) is 5. The summed E-state index contributed by atoms with van der Waals surface area (Å²) in [6.45, 7) is 2.59. The number of rotatable bonds is 2. The standard InChI is InChI=1S/C16H17FN2O4/c17-13-11-12(19-7-8-21-15(19)20)1-2-14(13)18-5-3-16(4-6-18)22-9-10-23-16/h1-2,7-8,11H,3-6,9-10H2. The first-order valence-electron chi connectivity index (χ1n) is 7.66. The van der Waals surface area contributed by atoms with E-state index in [1.165, 1.54) is 23.1 Å². The van der Waals surface area contributed by atoms with Crippen LogP contribution in [-0.4, -0.2) is 36.7 Å². The first kappa shape index (κ1) is 14.5. The minimum Gasteiger partial charge on any atom is -0.416 e. The van der Waals surface area contributed by atoms with Crippen molar-refractivity contribution >= 4 is 5.69 Å². The summed E-state index contributed by atoms with van der Waals surface area (Å²) in [4.78, 5) is 13.5. The van der Waals surface area contributed by atoms with Gasteiger partial charge in [-0.1, -0.05) is 0 Å². The molecule has 0 aliphatic carbocycles. The highest BCUT2D eigenvalue weighted by molar-refractivity contribution is 5.52. The Bertz CT molecular complexity index is 753. The Hall–Kier alpha value is -2.12. The first-order valence-corrected chi connectivity index (χ1v) is 7.66. The number of nitrogens with zero attached hydrogens (tertiary/aromatic N) is 2. The molecule has 0 unspecified atom stereocenters. The Balaban J connectivity index is 1.54. The molecule has 6 nitrogen and oxygen atoms in total. The maximum absolute atomic E-state index is 14.5. The van der Waals surface area contributed by atoms with E-state index in [1.807, 2.05) is 4.90 Å². The third-order valence-corrected chi connectivity index (χ3v) is 4.46. The van der Waals surface area contributed by atoms with Crippen LogP contribution < -0.4 is 10.7 Å². The van der Waals surface area contributed by atoms with Crippen LogP contribution in [0.2, 0.25) is 0 Å². The van der Waals surface area contributed by atoms with Gasteiger partial charge in [-0.2, -0.15) is 0 Å². The van der Waals surface area contributed by atoms with Gasteiger partial charge in [-0.3, -0.25) is 0 Å². The number of hydrogen-bond donors (Lipinski definition) is 0. The van der Waals surface area contributed by atoms with Crippen molar-refractivity contribution in [2.45, 2.75) is 18.6 Å². The Morgan fingerprint density at radius 1 is 1.13 bits per heavy atom.